The molecule has 3 aromatic carbocycles. The first-order valence-electron chi connectivity index (χ1n) is 26.7. The summed E-state index contributed by atoms with van der Waals surface area (Å²) in [5, 5.41) is 82.2. The lowest BCUT2D eigenvalue weighted by atomic mass is 10.0. The Morgan fingerprint density at radius 1 is 0.470 bits per heavy atom. The number of primary amides is 1. The zero-order valence-corrected chi connectivity index (χ0v) is 46.5. The second-order valence-corrected chi connectivity index (χ2v) is 20.1. The van der Waals surface area contributed by atoms with E-state index in [0.717, 1.165) is 13.8 Å². The minimum absolute atomic E-state index is 0.0298. The molecule has 0 bridgehead atoms. The quantitative estimate of drug-likeness (QED) is 0.0250. The van der Waals surface area contributed by atoms with Crippen molar-refractivity contribution in [2.45, 2.75) is 140 Å². The fraction of sp³-hybridized carbons (Fsp3) is 0.473. The molecule has 0 unspecified atom stereocenters. The van der Waals surface area contributed by atoms with Crippen molar-refractivity contribution in [2.75, 3.05) is 19.8 Å². The maximum Gasteiger partial charge on any atom is 0.305 e. The zero-order chi connectivity index (χ0) is 61.9. The Morgan fingerprint density at radius 3 is 1.27 bits per heavy atom. The van der Waals surface area contributed by atoms with Crippen LogP contribution in [0.25, 0.3) is 0 Å². The Hall–Kier alpha value is -8.73. The van der Waals surface area contributed by atoms with E-state index in [2.05, 4.69) is 47.9 Å². The number of phenols is 2. The summed E-state index contributed by atoms with van der Waals surface area (Å²) in [6, 6.07) is 4.68. The molecule has 454 valence electrons. The highest BCUT2D eigenvalue weighted by molar-refractivity contribution is 5.99. The lowest BCUT2D eigenvalue weighted by Crippen LogP contribution is -2.62. The molecule has 0 spiro atoms. The van der Waals surface area contributed by atoms with Crippen molar-refractivity contribution in [3.8, 4) is 11.5 Å². The minimum Gasteiger partial charge on any atom is -0.508 e. The third kappa shape index (κ3) is 24.1. The van der Waals surface area contributed by atoms with Gasteiger partial charge in [-0.05, 0) is 86.0 Å². The van der Waals surface area contributed by atoms with Gasteiger partial charge in [-0.2, -0.15) is 0 Å². The summed E-state index contributed by atoms with van der Waals surface area (Å²) in [7, 11) is 0. The molecule has 0 saturated carbocycles. The average molecular weight is 1160 g/mol. The van der Waals surface area contributed by atoms with E-state index in [-0.39, 0.29) is 61.6 Å². The molecular weight excluding hydrogens is 1090 g/mol. The van der Waals surface area contributed by atoms with Gasteiger partial charge in [0.05, 0.1) is 25.7 Å². The molecule has 28 nitrogen and oxygen atoms in total. The SMILES string of the molecule is CC(=O)N[C@@H](Cc1ccccc1)C(=O)N[C@H](C(=O)N[C@@H](CO)C(=O)N[C@@H](CC(=O)O)C(=O)N[C@@H](Cc1ccc(O)cc1)C(=O)N[C@@H](CO)C(=O)N[C@@H](CCCCN)C(=O)N[C@@H](Cc1ccc(O)cc1)C(=O)N[C@@H](CC(C)C)C(N)=O)[C@@H](C)O. The number of unbranched alkanes of at least 4 members (excludes halogenated alkanes) is 1. The van der Waals surface area contributed by atoms with Gasteiger partial charge in [-0.1, -0.05) is 68.4 Å². The molecule has 0 heterocycles. The van der Waals surface area contributed by atoms with E-state index in [1.54, 1.807) is 44.2 Å². The van der Waals surface area contributed by atoms with Crippen LogP contribution in [-0.4, -0.2) is 176 Å². The Balaban J connectivity index is 1.88. The standard InChI is InChI=1S/C55H77N11O17/c1-29(2)22-38(47(57)75)60-49(77)40(24-33-13-17-35(71)18-14-33)61-48(76)37(12-8-9-21-56)59-53(81)43(27-67)64-50(78)41(25-34-15-19-36(72)20-16-34)62-51(79)42(26-45(73)74)63-54(82)44(28-68)65-55(83)46(30(3)69)66-52(80)39(58-31(4)70)23-32-10-6-5-7-11-32/h5-7,10-11,13-20,29-30,37-44,46,67-69,71-72H,8-9,12,21-28,56H2,1-4H3,(H2,57,75)(H,58,70)(H,59,81)(H,60,77)(H,61,76)(H,62,79)(H,63,82)(H,64,78)(H,65,83)(H,66,80)(H,73,74)/t30-,37+,38+,39+,40+,41+,42+,43+,44+,46+/m1/s1. The smallest absolute Gasteiger partial charge is 0.305 e. The number of carbonyl (C=O) groups excluding carboxylic acids is 10. The predicted octanol–water partition coefficient (Wildman–Crippen LogP) is -3.99. The van der Waals surface area contributed by atoms with Crippen LogP contribution >= 0.6 is 0 Å². The van der Waals surface area contributed by atoms with E-state index in [9.17, 15) is 83.4 Å². The molecule has 0 aromatic heterocycles. The molecule has 0 aliphatic carbocycles. The number of aromatic hydroxyl groups is 2. The zero-order valence-electron chi connectivity index (χ0n) is 46.5. The summed E-state index contributed by atoms with van der Waals surface area (Å²) >= 11 is 0. The topological polar surface area (TPSA) is 469 Å². The first-order valence-corrected chi connectivity index (χ1v) is 26.7. The number of rotatable bonds is 35. The molecule has 3 rings (SSSR count). The average Bonchev–Trinajstić information content (AvgIpc) is 3.57. The van der Waals surface area contributed by atoms with Gasteiger partial charge in [-0.3, -0.25) is 52.7 Å². The van der Waals surface area contributed by atoms with Gasteiger partial charge < -0.3 is 90.0 Å². The maximum atomic E-state index is 14.2. The Labute approximate surface area is 478 Å². The molecule has 0 aliphatic rings. The molecule has 28 heteroatoms. The molecule has 83 heavy (non-hydrogen) atoms. The number of aliphatic carboxylic acids is 1. The van der Waals surface area contributed by atoms with Gasteiger partial charge in [0.2, 0.25) is 59.1 Å². The van der Waals surface area contributed by atoms with Crippen molar-refractivity contribution < 1.29 is 83.4 Å². The van der Waals surface area contributed by atoms with Gasteiger partial charge in [-0.25, -0.2) is 0 Å². The van der Waals surface area contributed by atoms with E-state index in [1.807, 2.05) is 0 Å². The summed E-state index contributed by atoms with van der Waals surface area (Å²) in [6.07, 6.45) is -2.75. The first kappa shape index (κ1) is 68.5. The van der Waals surface area contributed by atoms with Crippen molar-refractivity contribution in [1.82, 2.24) is 47.9 Å². The number of benzene rings is 3. The molecule has 3 aromatic rings. The molecule has 0 fully saturated rings. The minimum atomic E-state index is -2.06. The number of nitrogens with two attached hydrogens (primary N) is 2. The Morgan fingerprint density at radius 2 is 0.843 bits per heavy atom. The van der Waals surface area contributed by atoms with Gasteiger partial charge in [0.25, 0.3) is 0 Å². The summed E-state index contributed by atoms with van der Waals surface area (Å²) in [6.45, 7) is 3.77. The number of hydrogen-bond donors (Lipinski definition) is 17. The Bertz CT molecular complexity index is 2680. The number of carboxylic acids is 1. The maximum absolute atomic E-state index is 14.2. The number of phenolic OH excluding ortho intramolecular Hbond substituents is 2. The predicted molar refractivity (Wildman–Crippen MR) is 296 cm³/mol. The highest BCUT2D eigenvalue weighted by atomic mass is 16.4. The van der Waals surface area contributed by atoms with Crippen molar-refractivity contribution in [1.29, 1.82) is 0 Å². The lowest BCUT2D eigenvalue weighted by Gasteiger charge is -2.28. The van der Waals surface area contributed by atoms with Crippen LogP contribution in [0.4, 0.5) is 0 Å². The molecule has 10 atom stereocenters. The lowest BCUT2D eigenvalue weighted by molar-refractivity contribution is -0.142. The second kappa shape index (κ2) is 34.5. The van der Waals surface area contributed by atoms with E-state index in [1.165, 1.54) is 48.5 Å². The number of aliphatic hydroxyl groups excluding tert-OH is 3. The van der Waals surface area contributed by atoms with Crippen LogP contribution in [0.2, 0.25) is 0 Å². The number of aliphatic hydroxyl groups is 3. The van der Waals surface area contributed by atoms with Gasteiger partial charge in [0.1, 0.15) is 65.9 Å². The molecule has 0 saturated heterocycles. The van der Waals surface area contributed by atoms with Crippen molar-refractivity contribution in [3.05, 3.63) is 95.6 Å². The van der Waals surface area contributed by atoms with Crippen molar-refractivity contribution >= 4 is 65.0 Å². The molecule has 0 radical (unpaired) electrons. The number of amides is 10. The molecule has 10 amide bonds. The fourth-order valence-electron chi connectivity index (χ4n) is 8.26. The monoisotopic (exact) mass is 1160 g/mol. The molecule has 0 aliphatic heterocycles. The number of hydrogen-bond acceptors (Lipinski definition) is 17. The first-order chi connectivity index (χ1) is 39.2. The van der Waals surface area contributed by atoms with Crippen LogP contribution < -0.4 is 59.3 Å². The van der Waals surface area contributed by atoms with Gasteiger partial charge >= 0.3 is 5.97 Å². The van der Waals surface area contributed by atoms with Gasteiger partial charge in [0, 0.05) is 26.2 Å². The van der Waals surface area contributed by atoms with E-state index < -0.39 is 152 Å². The Kier molecular flexibility index (Phi) is 28.5. The largest absolute Gasteiger partial charge is 0.508 e. The summed E-state index contributed by atoms with van der Waals surface area (Å²) in [4.78, 5) is 147. The molecule has 19 N–H and O–H groups in total. The fourth-order valence-corrected chi connectivity index (χ4v) is 8.26. The van der Waals surface area contributed by atoms with E-state index >= 15 is 0 Å². The second-order valence-electron chi connectivity index (χ2n) is 20.1. The van der Waals surface area contributed by atoms with Crippen LogP contribution in [0, 0.1) is 5.92 Å². The van der Waals surface area contributed by atoms with Crippen molar-refractivity contribution in [2.24, 2.45) is 17.4 Å². The summed E-state index contributed by atoms with van der Waals surface area (Å²) in [5.41, 5.74) is 12.7. The van der Waals surface area contributed by atoms with Gasteiger partial charge in [0.15, 0.2) is 0 Å². The highest BCUT2D eigenvalue weighted by Gasteiger charge is 2.37. The van der Waals surface area contributed by atoms with E-state index in [4.69, 9.17) is 11.5 Å². The number of carbonyl (C=O) groups is 11. The number of nitrogens with one attached hydrogen (secondary N) is 9. The van der Waals surface area contributed by atoms with Crippen LogP contribution in [0.5, 0.6) is 11.5 Å². The third-order valence-corrected chi connectivity index (χ3v) is 12.6. The van der Waals surface area contributed by atoms with E-state index in [0.29, 0.717) is 17.5 Å². The summed E-state index contributed by atoms with van der Waals surface area (Å²) in [5.74, 6) is -12.3. The molecular formula is C55H77N11O17. The third-order valence-electron chi connectivity index (χ3n) is 12.6. The highest BCUT2D eigenvalue weighted by Crippen LogP contribution is 2.15. The number of carboxylic acid groups (broad SMARTS) is 1. The van der Waals surface area contributed by atoms with Crippen LogP contribution in [0.1, 0.15) is 76.5 Å². The van der Waals surface area contributed by atoms with Crippen LogP contribution in [0.15, 0.2) is 78.9 Å². The van der Waals surface area contributed by atoms with Crippen LogP contribution in [0.3, 0.4) is 0 Å². The van der Waals surface area contributed by atoms with Crippen molar-refractivity contribution in [3.63, 3.8) is 0 Å². The van der Waals surface area contributed by atoms with Crippen LogP contribution in [-0.2, 0) is 72.0 Å². The normalized spacial score (nSPS) is 14.7. The summed E-state index contributed by atoms with van der Waals surface area (Å²) < 4.78 is 0. The van der Waals surface area contributed by atoms with Gasteiger partial charge in [-0.15, -0.1) is 0 Å².